The Morgan fingerprint density at radius 1 is 1.40 bits per heavy atom. The molecule has 1 amide bonds. The molecule has 0 aliphatic carbocycles. The number of aryl methyl sites for hydroxylation is 1. The van der Waals surface area contributed by atoms with Crippen LogP contribution < -0.4 is 10.6 Å². The molecule has 7 heteroatoms. The van der Waals surface area contributed by atoms with Gasteiger partial charge in [0.05, 0.1) is 24.8 Å². The maximum absolute atomic E-state index is 12.3. The van der Waals surface area contributed by atoms with E-state index in [9.17, 15) is 15.0 Å². The smallest absolute Gasteiger partial charge is 0.237 e. The summed E-state index contributed by atoms with van der Waals surface area (Å²) in [6, 6.07) is 6.68. The van der Waals surface area contributed by atoms with Crippen molar-refractivity contribution in [3.8, 4) is 11.1 Å². The van der Waals surface area contributed by atoms with Gasteiger partial charge in [-0.1, -0.05) is 24.3 Å². The molecule has 2 aromatic rings. The molecule has 3 rings (SSSR count). The van der Waals surface area contributed by atoms with Gasteiger partial charge in [-0.2, -0.15) is 0 Å². The number of amides is 1. The summed E-state index contributed by atoms with van der Waals surface area (Å²) >= 11 is 0. The van der Waals surface area contributed by atoms with Crippen LogP contribution in [0.4, 0.5) is 0 Å². The number of nitrogens with zero attached hydrogens (tertiary/aromatic N) is 2. The highest BCUT2D eigenvalue weighted by Crippen LogP contribution is 2.23. The number of nitrogens with one attached hydrogen (secondary N) is 2. The number of aromatic nitrogens is 2. The van der Waals surface area contributed by atoms with E-state index >= 15 is 0 Å². The van der Waals surface area contributed by atoms with E-state index in [2.05, 4.69) is 20.6 Å². The molecule has 1 fully saturated rings. The first kappa shape index (κ1) is 17.5. The van der Waals surface area contributed by atoms with E-state index in [0.29, 0.717) is 13.0 Å². The Morgan fingerprint density at radius 3 is 2.76 bits per heavy atom. The molecular weight excluding hydrogens is 320 g/mol. The van der Waals surface area contributed by atoms with Crippen molar-refractivity contribution < 1.29 is 15.0 Å². The van der Waals surface area contributed by atoms with Crippen molar-refractivity contribution in [3.05, 3.63) is 48.0 Å². The Labute approximate surface area is 146 Å². The van der Waals surface area contributed by atoms with Crippen LogP contribution in [0.2, 0.25) is 0 Å². The molecule has 0 radical (unpaired) electrons. The van der Waals surface area contributed by atoms with Gasteiger partial charge in [-0.3, -0.25) is 4.79 Å². The van der Waals surface area contributed by atoms with Crippen molar-refractivity contribution in [2.45, 2.75) is 31.5 Å². The topological polar surface area (TPSA) is 107 Å². The van der Waals surface area contributed by atoms with Gasteiger partial charge in [-0.05, 0) is 24.5 Å². The molecule has 1 aromatic heterocycles. The maximum atomic E-state index is 12.3. The summed E-state index contributed by atoms with van der Waals surface area (Å²) in [5.74, 6) is -0.216. The molecule has 3 atom stereocenters. The highest BCUT2D eigenvalue weighted by atomic mass is 16.3. The summed E-state index contributed by atoms with van der Waals surface area (Å²) in [4.78, 5) is 20.5. The molecule has 0 bridgehead atoms. The van der Waals surface area contributed by atoms with Gasteiger partial charge in [-0.15, -0.1) is 0 Å². The monoisotopic (exact) mass is 342 g/mol. The van der Waals surface area contributed by atoms with Crippen LogP contribution in [-0.4, -0.2) is 51.4 Å². The molecule has 1 aliphatic rings. The largest absolute Gasteiger partial charge is 0.394 e. The Hall–Kier alpha value is -2.35. The van der Waals surface area contributed by atoms with Crippen LogP contribution in [0.25, 0.3) is 11.1 Å². The van der Waals surface area contributed by atoms with Crippen LogP contribution in [0.1, 0.15) is 23.7 Å². The molecule has 25 heavy (non-hydrogen) atoms. The summed E-state index contributed by atoms with van der Waals surface area (Å²) in [6.07, 6.45) is 3.16. The predicted octanol–water partition coefficient (Wildman–Crippen LogP) is 0.324. The minimum atomic E-state index is -0.501. The number of aliphatic hydroxyl groups excluding tert-OH is 2. The average molecular weight is 342 g/mol. The van der Waals surface area contributed by atoms with Crippen molar-refractivity contribution in [1.82, 2.24) is 20.6 Å². The molecule has 1 saturated heterocycles. The Morgan fingerprint density at radius 2 is 2.16 bits per heavy atom. The third-order valence-corrected chi connectivity index (χ3v) is 4.46. The minimum absolute atomic E-state index is 0.201. The number of carbonyl (C=O) groups is 1. The number of rotatable bonds is 5. The third-order valence-electron chi connectivity index (χ3n) is 4.46. The Balaban J connectivity index is 1.71. The summed E-state index contributed by atoms with van der Waals surface area (Å²) in [6.45, 7) is 2.13. The van der Waals surface area contributed by atoms with Gasteiger partial charge in [0.2, 0.25) is 5.91 Å². The molecule has 1 aromatic carbocycles. The molecule has 2 unspecified atom stereocenters. The van der Waals surface area contributed by atoms with Crippen molar-refractivity contribution in [3.63, 3.8) is 0 Å². The first-order chi connectivity index (χ1) is 12.1. The van der Waals surface area contributed by atoms with Gasteiger partial charge in [-0.25, -0.2) is 9.97 Å². The van der Waals surface area contributed by atoms with Crippen molar-refractivity contribution in [2.24, 2.45) is 0 Å². The zero-order valence-corrected chi connectivity index (χ0v) is 14.0. The number of hydrogen-bond acceptors (Lipinski definition) is 6. The number of hydrogen-bond donors (Lipinski definition) is 4. The molecule has 0 spiro atoms. The molecule has 0 saturated carbocycles. The minimum Gasteiger partial charge on any atom is -0.394 e. The molecule has 1 aliphatic heterocycles. The quantitative estimate of drug-likeness (QED) is 0.624. The van der Waals surface area contributed by atoms with Gasteiger partial charge >= 0.3 is 0 Å². The van der Waals surface area contributed by atoms with Crippen molar-refractivity contribution in [2.75, 3.05) is 13.2 Å². The maximum Gasteiger partial charge on any atom is 0.237 e. The first-order valence-corrected chi connectivity index (χ1v) is 8.28. The van der Waals surface area contributed by atoms with Gasteiger partial charge in [0.1, 0.15) is 6.33 Å². The van der Waals surface area contributed by atoms with Crippen LogP contribution in [-0.2, 0) is 4.79 Å². The van der Waals surface area contributed by atoms with E-state index in [-0.39, 0.29) is 12.5 Å². The fourth-order valence-corrected chi connectivity index (χ4v) is 2.99. The van der Waals surface area contributed by atoms with Crippen LogP contribution in [0, 0.1) is 6.92 Å². The number of aliphatic hydroxyl groups is 2. The summed E-state index contributed by atoms with van der Waals surface area (Å²) in [7, 11) is 0. The van der Waals surface area contributed by atoms with Gasteiger partial charge in [0, 0.05) is 24.0 Å². The predicted molar refractivity (Wildman–Crippen MR) is 92.6 cm³/mol. The fourth-order valence-electron chi connectivity index (χ4n) is 2.99. The molecular formula is C18H22N4O3. The van der Waals surface area contributed by atoms with Crippen molar-refractivity contribution >= 4 is 5.91 Å². The highest BCUT2D eigenvalue weighted by Gasteiger charge is 2.29. The van der Waals surface area contributed by atoms with Gasteiger partial charge in [0.15, 0.2) is 0 Å². The number of benzene rings is 1. The van der Waals surface area contributed by atoms with Crippen molar-refractivity contribution in [1.29, 1.82) is 0 Å². The molecule has 4 N–H and O–H groups in total. The van der Waals surface area contributed by atoms with Crippen LogP contribution in [0.5, 0.6) is 0 Å². The standard InChI is InChI=1S/C18H22N4O3/c1-11-15(8-19-10-21-11)12-2-4-13(5-3-12)17(9-23)22-18(25)16-6-14(24)7-20-16/h2-5,8,10,14,16-17,20,23-24H,6-7,9H2,1H3,(H,22,25)/t14?,16?,17-/m0/s1. The highest BCUT2D eigenvalue weighted by molar-refractivity contribution is 5.82. The second-order valence-electron chi connectivity index (χ2n) is 6.24. The normalized spacial score (nSPS) is 21.1. The van der Waals surface area contributed by atoms with Crippen LogP contribution >= 0.6 is 0 Å². The van der Waals surface area contributed by atoms with Gasteiger partial charge < -0.3 is 20.8 Å². The lowest BCUT2D eigenvalue weighted by molar-refractivity contribution is -0.124. The van der Waals surface area contributed by atoms with Crippen LogP contribution in [0.3, 0.4) is 0 Å². The molecule has 2 heterocycles. The van der Waals surface area contributed by atoms with E-state index < -0.39 is 18.2 Å². The third kappa shape index (κ3) is 4.01. The average Bonchev–Trinajstić information content (AvgIpc) is 3.07. The summed E-state index contributed by atoms with van der Waals surface area (Å²) in [5.41, 5.74) is 3.63. The van der Waals surface area contributed by atoms with E-state index in [1.54, 1.807) is 6.20 Å². The number of carbonyl (C=O) groups excluding carboxylic acids is 1. The SMILES string of the molecule is Cc1ncncc1-c1ccc([C@H](CO)NC(=O)C2CC(O)CN2)cc1. The lowest BCUT2D eigenvalue weighted by Crippen LogP contribution is -2.42. The second kappa shape index (κ2) is 7.69. The molecule has 7 nitrogen and oxygen atoms in total. The Bertz CT molecular complexity index is 735. The van der Waals surface area contributed by atoms with E-state index in [1.807, 2.05) is 31.2 Å². The molecule has 132 valence electrons. The summed E-state index contributed by atoms with van der Waals surface area (Å²) < 4.78 is 0. The van der Waals surface area contributed by atoms with E-state index in [1.165, 1.54) is 6.33 Å². The Kier molecular flexibility index (Phi) is 5.37. The first-order valence-electron chi connectivity index (χ1n) is 8.28. The lowest BCUT2D eigenvalue weighted by atomic mass is 10.0. The van der Waals surface area contributed by atoms with Gasteiger partial charge in [0.25, 0.3) is 0 Å². The van der Waals surface area contributed by atoms with Crippen LogP contribution in [0.15, 0.2) is 36.8 Å². The summed E-state index contributed by atoms with van der Waals surface area (Å²) in [5, 5.41) is 25.0. The van der Waals surface area contributed by atoms with E-state index in [4.69, 9.17) is 0 Å². The second-order valence-corrected chi connectivity index (χ2v) is 6.24. The van der Waals surface area contributed by atoms with E-state index in [0.717, 1.165) is 22.4 Å². The fraction of sp³-hybridized carbons (Fsp3) is 0.389. The zero-order chi connectivity index (χ0) is 17.8. The number of β-amino-alcohol motifs (C(OH)–C–C–N with tert-alkyl or cyclic N) is 1. The lowest BCUT2D eigenvalue weighted by Gasteiger charge is -2.20. The zero-order valence-electron chi connectivity index (χ0n) is 14.0.